The number of nitrogens with one attached hydrogen (secondary N) is 2. The van der Waals surface area contributed by atoms with E-state index in [1.165, 1.54) is 0 Å². The van der Waals surface area contributed by atoms with Crippen LogP contribution in [-0.4, -0.2) is 23.3 Å². The molecule has 0 bridgehead atoms. The molecular weight excluding hydrogens is 338 g/mol. The summed E-state index contributed by atoms with van der Waals surface area (Å²) in [6.45, 7) is 4.40. The van der Waals surface area contributed by atoms with Crippen molar-refractivity contribution in [3.63, 3.8) is 0 Å². The van der Waals surface area contributed by atoms with Gasteiger partial charge in [0.25, 0.3) is 11.8 Å². The summed E-state index contributed by atoms with van der Waals surface area (Å²) in [7, 11) is 0. The Labute approximate surface area is 151 Å². The van der Waals surface area contributed by atoms with E-state index >= 15 is 0 Å². The van der Waals surface area contributed by atoms with Crippen LogP contribution < -0.4 is 10.6 Å². The number of hydrogen-bond acceptors (Lipinski definition) is 3. The molecule has 0 aromatic heterocycles. The first kappa shape index (κ1) is 16.0. The first-order valence-electron chi connectivity index (χ1n) is 8.30. The largest absolute Gasteiger partial charge is 0.350 e. The molecule has 0 radical (unpaired) electrons. The van der Waals surface area contributed by atoms with E-state index in [2.05, 4.69) is 10.6 Å². The second-order valence-corrected chi connectivity index (χ2v) is 6.87. The first-order valence-corrected chi connectivity index (χ1v) is 8.68. The van der Waals surface area contributed by atoms with Gasteiger partial charge < -0.3 is 15.5 Å². The van der Waals surface area contributed by atoms with Crippen LogP contribution in [0.25, 0.3) is 0 Å². The molecule has 25 heavy (non-hydrogen) atoms. The van der Waals surface area contributed by atoms with Crippen LogP contribution in [0.1, 0.15) is 34.8 Å². The van der Waals surface area contributed by atoms with E-state index in [1.54, 1.807) is 23.1 Å². The number of anilines is 2. The van der Waals surface area contributed by atoms with Gasteiger partial charge in [0.05, 0.1) is 16.9 Å². The summed E-state index contributed by atoms with van der Waals surface area (Å²) in [4.78, 5) is 27.9. The number of carbonyl (C=O) groups is 2. The lowest BCUT2D eigenvalue weighted by Gasteiger charge is -2.44. The minimum Gasteiger partial charge on any atom is -0.350 e. The lowest BCUT2D eigenvalue weighted by atomic mass is 9.92. The highest BCUT2D eigenvalue weighted by Gasteiger charge is 2.56. The maximum absolute atomic E-state index is 13.2. The van der Waals surface area contributed by atoms with Gasteiger partial charge in [0.15, 0.2) is 0 Å². The van der Waals surface area contributed by atoms with Gasteiger partial charge >= 0.3 is 0 Å². The van der Waals surface area contributed by atoms with E-state index in [0.29, 0.717) is 22.8 Å². The van der Waals surface area contributed by atoms with Gasteiger partial charge in [0.2, 0.25) is 5.66 Å². The molecule has 2 heterocycles. The van der Waals surface area contributed by atoms with Gasteiger partial charge in [-0.05, 0) is 37.1 Å². The standard InChI is InChI=1S/C19H18ClN3O2/c1-3-9-23-17(24)13-8-7-12(20)10-15(13)22-19(23)14-6-4-5-11(2)16(14)21-18(19)25/h4-8,10,22H,3,9H2,1-2H3,(H,21,25). The van der Waals surface area contributed by atoms with Gasteiger partial charge in [-0.3, -0.25) is 9.59 Å². The zero-order valence-corrected chi connectivity index (χ0v) is 14.8. The highest BCUT2D eigenvalue weighted by Crippen LogP contribution is 2.46. The molecule has 4 rings (SSSR count). The van der Waals surface area contributed by atoms with Crippen LogP contribution in [-0.2, 0) is 10.5 Å². The summed E-state index contributed by atoms with van der Waals surface area (Å²) in [5.41, 5.74) is 2.35. The molecule has 2 aromatic rings. The van der Waals surface area contributed by atoms with Crippen molar-refractivity contribution in [1.29, 1.82) is 0 Å². The van der Waals surface area contributed by atoms with Crippen LogP contribution in [0.2, 0.25) is 5.02 Å². The molecule has 1 unspecified atom stereocenters. The lowest BCUT2D eigenvalue weighted by molar-refractivity contribution is -0.125. The number of nitrogens with zero attached hydrogens (tertiary/aromatic N) is 1. The summed E-state index contributed by atoms with van der Waals surface area (Å²) in [6, 6.07) is 10.8. The Morgan fingerprint density at radius 3 is 2.76 bits per heavy atom. The van der Waals surface area contributed by atoms with Crippen molar-refractivity contribution >= 4 is 34.8 Å². The molecule has 2 amide bonds. The van der Waals surface area contributed by atoms with Crippen LogP contribution >= 0.6 is 11.6 Å². The number of para-hydroxylation sites is 1. The molecule has 0 fully saturated rings. The Kier molecular flexibility index (Phi) is 3.51. The van der Waals surface area contributed by atoms with E-state index < -0.39 is 5.66 Å². The van der Waals surface area contributed by atoms with Crippen molar-refractivity contribution in [1.82, 2.24) is 4.90 Å². The third-order valence-corrected chi connectivity index (χ3v) is 5.09. The van der Waals surface area contributed by atoms with Gasteiger partial charge in [-0.25, -0.2) is 0 Å². The molecule has 2 aromatic carbocycles. The van der Waals surface area contributed by atoms with Crippen molar-refractivity contribution in [2.45, 2.75) is 25.9 Å². The number of halogens is 1. The summed E-state index contributed by atoms with van der Waals surface area (Å²) < 4.78 is 0. The molecule has 128 valence electrons. The number of benzene rings is 2. The average molecular weight is 356 g/mol. The van der Waals surface area contributed by atoms with Crippen molar-refractivity contribution in [3.05, 3.63) is 58.1 Å². The van der Waals surface area contributed by atoms with Gasteiger partial charge in [-0.2, -0.15) is 0 Å². The van der Waals surface area contributed by atoms with Gasteiger partial charge in [-0.1, -0.05) is 36.7 Å². The number of aryl methyl sites for hydroxylation is 1. The second-order valence-electron chi connectivity index (χ2n) is 6.43. The van der Waals surface area contributed by atoms with Gasteiger partial charge in [-0.15, -0.1) is 0 Å². The van der Waals surface area contributed by atoms with Crippen LogP contribution in [0.3, 0.4) is 0 Å². The van der Waals surface area contributed by atoms with Gasteiger partial charge in [0.1, 0.15) is 0 Å². The topological polar surface area (TPSA) is 61.4 Å². The van der Waals surface area contributed by atoms with Crippen LogP contribution in [0.5, 0.6) is 0 Å². The third-order valence-electron chi connectivity index (χ3n) is 4.85. The molecule has 2 aliphatic rings. The summed E-state index contributed by atoms with van der Waals surface area (Å²) in [5, 5.41) is 6.79. The quantitative estimate of drug-likeness (QED) is 0.862. The maximum atomic E-state index is 13.2. The molecular formula is C19H18ClN3O2. The van der Waals surface area contributed by atoms with Gasteiger partial charge in [0, 0.05) is 17.1 Å². The van der Waals surface area contributed by atoms with Crippen molar-refractivity contribution < 1.29 is 9.59 Å². The number of hydrogen-bond donors (Lipinski definition) is 2. The smallest absolute Gasteiger partial charge is 0.276 e. The SMILES string of the molecule is CCCN1C(=O)c2ccc(Cl)cc2NC12C(=O)Nc1c(C)cccc12. The average Bonchev–Trinajstić information content (AvgIpc) is 2.86. The fourth-order valence-corrected chi connectivity index (χ4v) is 3.88. The Bertz CT molecular complexity index is 912. The molecule has 0 saturated heterocycles. The van der Waals surface area contributed by atoms with Crippen molar-refractivity contribution in [2.75, 3.05) is 17.2 Å². The molecule has 0 saturated carbocycles. The second kappa shape index (κ2) is 5.49. The Hall–Kier alpha value is -2.53. The van der Waals surface area contributed by atoms with Crippen LogP contribution in [0.4, 0.5) is 11.4 Å². The summed E-state index contributed by atoms with van der Waals surface area (Å²) in [6.07, 6.45) is 0.743. The zero-order valence-electron chi connectivity index (χ0n) is 14.0. The molecule has 0 aliphatic carbocycles. The lowest BCUT2D eigenvalue weighted by Crippen LogP contribution is -2.61. The van der Waals surface area contributed by atoms with E-state index in [0.717, 1.165) is 23.2 Å². The monoisotopic (exact) mass is 355 g/mol. The zero-order chi connectivity index (χ0) is 17.8. The predicted octanol–water partition coefficient (Wildman–Crippen LogP) is 3.73. The number of amides is 2. The van der Waals surface area contributed by atoms with E-state index in [1.807, 2.05) is 32.0 Å². The fraction of sp³-hybridized carbons (Fsp3) is 0.263. The Balaban J connectivity index is 1.98. The Morgan fingerprint density at radius 1 is 1.20 bits per heavy atom. The number of carbonyl (C=O) groups excluding carboxylic acids is 2. The normalized spacial score (nSPS) is 21.0. The summed E-state index contributed by atoms with van der Waals surface area (Å²) >= 11 is 6.11. The highest BCUT2D eigenvalue weighted by atomic mass is 35.5. The molecule has 1 atom stereocenters. The molecule has 5 nitrogen and oxygen atoms in total. The minimum absolute atomic E-state index is 0.170. The van der Waals surface area contributed by atoms with E-state index in [4.69, 9.17) is 11.6 Å². The fourth-order valence-electron chi connectivity index (χ4n) is 3.71. The van der Waals surface area contributed by atoms with E-state index in [9.17, 15) is 9.59 Å². The Morgan fingerprint density at radius 2 is 2.00 bits per heavy atom. The molecule has 2 aliphatic heterocycles. The van der Waals surface area contributed by atoms with Crippen LogP contribution in [0.15, 0.2) is 36.4 Å². The highest BCUT2D eigenvalue weighted by molar-refractivity contribution is 6.31. The van der Waals surface area contributed by atoms with E-state index in [-0.39, 0.29) is 11.8 Å². The third kappa shape index (κ3) is 2.09. The summed E-state index contributed by atoms with van der Waals surface area (Å²) in [5.74, 6) is -0.416. The number of fused-ring (bicyclic) bond motifs is 3. The van der Waals surface area contributed by atoms with Crippen molar-refractivity contribution in [3.8, 4) is 0 Å². The molecule has 1 spiro atoms. The molecule has 2 N–H and O–H groups in total. The van der Waals surface area contributed by atoms with Crippen molar-refractivity contribution in [2.24, 2.45) is 0 Å². The predicted molar refractivity (Wildman–Crippen MR) is 97.9 cm³/mol. The first-order chi connectivity index (χ1) is 12.0. The van der Waals surface area contributed by atoms with Crippen LogP contribution in [0, 0.1) is 6.92 Å². The molecule has 6 heteroatoms. The maximum Gasteiger partial charge on any atom is 0.276 e. The minimum atomic E-state index is -1.24. The number of rotatable bonds is 2.